The summed E-state index contributed by atoms with van der Waals surface area (Å²) < 4.78 is 10.8. The first-order valence-corrected chi connectivity index (χ1v) is 7.79. The number of ether oxygens (including phenoxy) is 2. The topological polar surface area (TPSA) is 79.9 Å². The Kier molecular flexibility index (Phi) is 4.38. The molecule has 0 spiro atoms. The lowest BCUT2D eigenvalue weighted by atomic mass is 10.2. The van der Waals surface area contributed by atoms with E-state index in [9.17, 15) is 9.59 Å². The highest BCUT2D eigenvalue weighted by atomic mass is 16.5. The van der Waals surface area contributed by atoms with E-state index in [1.807, 2.05) is 13.0 Å². The molecule has 2 N–H and O–H groups in total. The highest BCUT2D eigenvalue weighted by molar-refractivity contribution is 5.98. The number of rotatable bonds is 3. The van der Waals surface area contributed by atoms with E-state index < -0.39 is 6.10 Å². The summed E-state index contributed by atoms with van der Waals surface area (Å²) in [6.07, 6.45) is -0.497. The lowest BCUT2D eigenvalue weighted by molar-refractivity contribution is -0.135. The van der Waals surface area contributed by atoms with Crippen LogP contribution in [0.3, 0.4) is 0 Å². The molecule has 7 nitrogen and oxygen atoms in total. The third kappa shape index (κ3) is 3.39. The second kappa shape index (κ2) is 6.45. The van der Waals surface area contributed by atoms with Gasteiger partial charge in [0.05, 0.1) is 18.9 Å². The Morgan fingerprint density at radius 2 is 2.13 bits per heavy atom. The predicted molar refractivity (Wildman–Crippen MR) is 85.6 cm³/mol. The van der Waals surface area contributed by atoms with Crippen LogP contribution >= 0.6 is 0 Å². The van der Waals surface area contributed by atoms with Gasteiger partial charge in [0.2, 0.25) is 5.91 Å². The van der Waals surface area contributed by atoms with Gasteiger partial charge in [-0.2, -0.15) is 0 Å². The normalized spacial score (nSPS) is 21.7. The van der Waals surface area contributed by atoms with Crippen LogP contribution in [0, 0.1) is 0 Å². The molecule has 7 heteroatoms. The van der Waals surface area contributed by atoms with Crippen LogP contribution in [0.25, 0.3) is 0 Å². The highest BCUT2D eigenvalue weighted by Gasteiger charge is 2.25. The number of carbonyl (C=O) groups excluding carboxylic acids is 2. The molecule has 0 unspecified atom stereocenters. The maximum Gasteiger partial charge on any atom is 0.265 e. The number of hydrogen-bond donors (Lipinski definition) is 2. The fourth-order valence-electron chi connectivity index (χ4n) is 2.67. The van der Waals surface area contributed by atoms with Crippen molar-refractivity contribution >= 4 is 23.2 Å². The fourth-order valence-corrected chi connectivity index (χ4v) is 2.67. The molecule has 3 rings (SSSR count). The Morgan fingerprint density at radius 3 is 2.87 bits per heavy atom. The molecule has 1 fully saturated rings. The van der Waals surface area contributed by atoms with Crippen LogP contribution in [0.2, 0.25) is 0 Å². The van der Waals surface area contributed by atoms with Crippen molar-refractivity contribution in [1.82, 2.24) is 4.90 Å². The summed E-state index contributed by atoms with van der Waals surface area (Å²) in [7, 11) is 0. The van der Waals surface area contributed by atoms with E-state index in [1.165, 1.54) is 0 Å². The lowest BCUT2D eigenvalue weighted by Gasteiger charge is -2.30. The number of fused-ring (bicyclic) bond motifs is 1. The number of morpholine rings is 1. The Hall–Kier alpha value is -2.28. The summed E-state index contributed by atoms with van der Waals surface area (Å²) >= 11 is 0. The van der Waals surface area contributed by atoms with Gasteiger partial charge in [-0.15, -0.1) is 0 Å². The predicted octanol–water partition coefficient (Wildman–Crippen LogP) is 1.07. The van der Waals surface area contributed by atoms with Crippen molar-refractivity contribution in [2.24, 2.45) is 0 Å². The number of amides is 2. The van der Waals surface area contributed by atoms with Crippen LogP contribution in [-0.2, 0) is 14.3 Å². The van der Waals surface area contributed by atoms with E-state index in [1.54, 1.807) is 24.0 Å². The number of nitrogens with zero attached hydrogens (tertiary/aromatic N) is 1. The molecule has 1 aromatic rings. The van der Waals surface area contributed by atoms with E-state index in [4.69, 9.17) is 9.47 Å². The molecular weight excluding hydrogens is 298 g/mol. The third-order valence-electron chi connectivity index (χ3n) is 3.99. The molecule has 124 valence electrons. The van der Waals surface area contributed by atoms with Gasteiger partial charge >= 0.3 is 0 Å². The van der Waals surface area contributed by atoms with Crippen LogP contribution in [0.15, 0.2) is 18.2 Å². The molecule has 0 radical (unpaired) electrons. The van der Waals surface area contributed by atoms with Crippen molar-refractivity contribution < 1.29 is 19.1 Å². The average Bonchev–Trinajstić information content (AvgIpc) is 2.56. The molecule has 1 saturated heterocycles. The first kappa shape index (κ1) is 15.6. The number of carbonyl (C=O) groups is 2. The Labute approximate surface area is 134 Å². The molecule has 1 aromatic carbocycles. The van der Waals surface area contributed by atoms with Crippen LogP contribution in [0.1, 0.15) is 13.8 Å². The second-order valence-electron chi connectivity index (χ2n) is 5.76. The zero-order chi connectivity index (χ0) is 16.4. The largest absolute Gasteiger partial charge is 0.479 e. The van der Waals surface area contributed by atoms with Crippen molar-refractivity contribution in [2.75, 3.05) is 36.9 Å². The lowest BCUT2D eigenvalue weighted by Crippen LogP contribution is -2.47. The van der Waals surface area contributed by atoms with Crippen LogP contribution < -0.4 is 15.4 Å². The van der Waals surface area contributed by atoms with Crippen LogP contribution in [-0.4, -0.2) is 55.2 Å². The van der Waals surface area contributed by atoms with Gasteiger partial charge in [-0.05, 0) is 32.0 Å². The molecular formula is C16H21N3O4. The van der Waals surface area contributed by atoms with Gasteiger partial charge in [-0.3, -0.25) is 9.59 Å². The Balaban J connectivity index is 1.67. The Morgan fingerprint density at radius 1 is 1.39 bits per heavy atom. The SMILES string of the molecule is C[C@@H]1Oc2ccc(N[C@H](C)C(=O)N3CCOCC3)cc2NC1=O. The van der Waals surface area contributed by atoms with Gasteiger partial charge in [-0.1, -0.05) is 0 Å². The zero-order valence-corrected chi connectivity index (χ0v) is 13.3. The first-order valence-electron chi connectivity index (χ1n) is 7.79. The van der Waals surface area contributed by atoms with E-state index >= 15 is 0 Å². The van der Waals surface area contributed by atoms with Crippen LogP contribution in [0.5, 0.6) is 5.75 Å². The number of nitrogens with one attached hydrogen (secondary N) is 2. The molecule has 2 amide bonds. The molecule has 0 saturated carbocycles. The molecule has 2 aliphatic rings. The van der Waals surface area contributed by atoms with Crippen molar-refractivity contribution in [2.45, 2.75) is 26.0 Å². The van der Waals surface area contributed by atoms with Gasteiger partial charge in [0, 0.05) is 18.8 Å². The monoisotopic (exact) mass is 319 g/mol. The van der Waals surface area contributed by atoms with E-state index in [0.29, 0.717) is 37.7 Å². The molecule has 0 bridgehead atoms. The van der Waals surface area contributed by atoms with Crippen molar-refractivity contribution in [3.05, 3.63) is 18.2 Å². The van der Waals surface area contributed by atoms with Gasteiger partial charge in [0.25, 0.3) is 5.91 Å². The van der Waals surface area contributed by atoms with Gasteiger partial charge < -0.3 is 25.0 Å². The van der Waals surface area contributed by atoms with E-state index in [-0.39, 0.29) is 17.9 Å². The van der Waals surface area contributed by atoms with Crippen LogP contribution in [0.4, 0.5) is 11.4 Å². The number of anilines is 2. The van der Waals surface area contributed by atoms with Crippen molar-refractivity contribution in [3.63, 3.8) is 0 Å². The molecule has 0 aromatic heterocycles. The van der Waals surface area contributed by atoms with E-state index in [0.717, 1.165) is 5.69 Å². The third-order valence-corrected chi connectivity index (χ3v) is 3.99. The second-order valence-corrected chi connectivity index (χ2v) is 5.76. The minimum atomic E-state index is -0.497. The first-order chi connectivity index (χ1) is 11.0. The fraction of sp³-hybridized carbons (Fsp3) is 0.500. The summed E-state index contributed by atoms with van der Waals surface area (Å²) in [5.41, 5.74) is 1.38. The molecule has 2 atom stereocenters. The standard InChI is InChI=1S/C16H21N3O4/c1-10(16(21)19-5-7-22-8-6-19)17-12-3-4-14-13(9-12)18-15(20)11(2)23-14/h3-4,9-11,17H,5-8H2,1-2H3,(H,18,20)/t10-,11+/m1/s1. The average molecular weight is 319 g/mol. The molecule has 0 aliphatic carbocycles. The van der Waals surface area contributed by atoms with E-state index in [2.05, 4.69) is 10.6 Å². The molecule has 23 heavy (non-hydrogen) atoms. The number of hydrogen-bond acceptors (Lipinski definition) is 5. The number of benzene rings is 1. The Bertz CT molecular complexity index is 613. The summed E-state index contributed by atoms with van der Waals surface area (Å²) in [6.45, 7) is 5.94. The van der Waals surface area contributed by atoms with Crippen molar-refractivity contribution in [3.8, 4) is 5.75 Å². The molecule has 2 heterocycles. The minimum absolute atomic E-state index is 0.0416. The van der Waals surface area contributed by atoms with Gasteiger partial charge in [0.1, 0.15) is 11.8 Å². The summed E-state index contributed by atoms with van der Waals surface area (Å²) in [5.74, 6) is 0.502. The van der Waals surface area contributed by atoms with Gasteiger partial charge in [0.15, 0.2) is 6.10 Å². The maximum atomic E-state index is 12.4. The summed E-state index contributed by atoms with van der Waals surface area (Å²) in [6, 6.07) is 5.05. The van der Waals surface area contributed by atoms with Gasteiger partial charge in [-0.25, -0.2) is 0 Å². The smallest absolute Gasteiger partial charge is 0.265 e. The minimum Gasteiger partial charge on any atom is -0.479 e. The summed E-state index contributed by atoms with van der Waals surface area (Å²) in [4.78, 5) is 25.9. The highest BCUT2D eigenvalue weighted by Crippen LogP contribution is 2.32. The maximum absolute atomic E-state index is 12.4. The summed E-state index contributed by atoms with van der Waals surface area (Å²) in [5, 5.41) is 5.98. The molecule has 2 aliphatic heterocycles. The quantitative estimate of drug-likeness (QED) is 0.871. The van der Waals surface area contributed by atoms with Crippen molar-refractivity contribution in [1.29, 1.82) is 0 Å². The zero-order valence-electron chi connectivity index (χ0n) is 13.3.